The molecule has 2 N–H and O–H groups in total. The lowest BCUT2D eigenvalue weighted by Crippen LogP contribution is -2.57. The lowest BCUT2D eigenvalue weighted by atomic mass is 9.92. The number of nitrogens with zero attached hydrogens (tertiary/aromatic N) is 2. The monoisotopic (exact) mass is 298 g/mol. The van der Waals surface area contributed by atoms with E-state index in [-0.39, 0.29) is 18.7 Å². The fourth-order valence-electron chi connectivity index (χ4n) is 3.47. The number of hydrogen-bond acceptors (Lipinski definition) is 3. The van der Waals surface area contributed by atoms with Crippen molar-refractivity contribution in [1.82, 2.24) is 9.80 Å². The fraction of sp³-hybridized carbons (Fsp3) is 0.867. The number of carboxylic acid groups (broad SMARTS) is 1. The van der Waals surface area contributed by atoms with Gasteiger partial charge < -0.3 is 20.0 Å². The van der Waals surface area contributed by atoms with Crippen LogP contribution in [-0.2, 0) is 4.79 Å². The summed E-state index contributed by atoms with van der Waals surface area (Å²) < 4.78 is 0. The van der Waals surface area contributed by atoms with Crippen LogP contribution in [0.5, 0.6) is 0 Å². The van der Waals surface area contributed by atoms with Gasteiger partial charge in [0.25, 0.3) is 0 Å². The quantitative estimate of drug-likeness (QED) is 0.828. The summed E-state index contributed by atoms with van der Waals surface area (Å²) in [5.74, 6) is -0.574. The molecule has 2 amide bonds. The van der Waals surface area contributed by atoms with Gasteiger partial charge in [0.15, 0.2) is 0 Å². The molecule has 2 aliphatic rings. The SMILES string of the molecule is CC1CCN(C(=O)N2CCCCC2CCO)C(C(=O)O)C1. The summed E-state index contributed by atoms with van der Waals surface area (Å²) in [6.07, 6.45) is 4.87. The maximum Gasteiger partial charge on any atom is 0.326 e. The van der Waals surface area contributed by atoms with Crippen molar-refractivity contribution in [2.45, 2.75) is 57.5 Å². The summed E-state index contributed by atoms with van der Waals surface area (Å²) in [6, 6.07) is -0.824. The van der Waals surface area contributed by atoms with Crippen LogP contribution in [0.3, 0.4) is 0 Å². The first kappa shape index (κ1) is 16.1. The molecule has 0 aromatic heterocycles. The second kappa shape index (κ2) is 7.11. The van der Waals surface area contributed by atoms with Crippen LogP contribution in [0.15, 0.2) is 0 Å². The Kier molecular flexibility index (Phi) is 5.45. The van der Waals surface area contributed by atoms with Crippen LogP contribution >= 0.6 is 0 Å². The zero-order valence-corrected chi connectivity index (χ0v) is 12.7. The molecule has 2 aliphatic heterocycles. The van der Waals surface area contributed by atoms with Crippen LogP contribution in [0, 0.1) is 5.92 Å². The van der Waals surface area contributed by atoms with Gasteiger partial charge in [-0.3, -0.25) is 0 Å². The summed E-state index contributed by atoms with van der Waals surface area (Å²) in [6.45, 7) is 3.28. The highest BCUT2D eigenvalue weighted by molar-refractivity contribution is 5.83. The van der Waals surface area contributed by atoms with Crippen LogP contribution in [0.1, 0.15) is 45.4 Å². The van der Waals surface area contributed by atoms with Gasteiger partial charge in [0.1, 0.15) is 6.04 Å². The average molecular weight is 298 g/mol. The largest absolute Gasteiger partial charge is 0.480 e. The van der Waals surface area contributed by atoms with Gasteiger partial charge in [-0.1, -0.05) is 6.92 Å². The zero-order chi connectivity index (χ0) is 15.4. The molecule has 0 aromatic carbocycles. The van der Waals surface area contributed by atoms with Gasteiger partial charge in [-0.25, -0.2) is 9.59 Å². The van der Waals surface area contributed by atoms with E-state index in [1.807, 2.05) is 6.92 Å². The maximum atomic E-state index is 12.8. The number of aliphatic hydroxyl groups is 1. The third-order valence-corrected chi connectivity index (χ3v) is 4.73. The molecule has 2 saturated heterocycles. The van der Waals surface area contributed by atoms with E-state index in [1.54, 1.807) is 4.90 Å². The first-order valence-electron chi connectivity index (χ1n) is 7.95. The van der Waals surface area contributed by atoms with Gasteiger partial charge in [0.2, 0.25) is 0 Å². The first-order chi connectivity index (χ1) is 10.0. The van der Waals surface area contributed by atoms with Crippen molar-refractivity contribution in [1.29, 1.82) is 0 Å². The van der Waals surface area contributed by atoms with Crippen LogP contribution in [-0.4, -0.2) is 63.8 Å². The predicted octanol–water partition coefficient (Wildman–Crippen LogP) is 1.53. The number of carbonyl (C=O) groups excluding carboxylic acids is 1. The fourth-order valence-corrected chi connectivity index (χ4v) is 3.47. The number of aliphatic hydroxyl groups excluding tert-OH is 1. The molecule has 120 valence electrons. The van der Waals surface area contributed by atoms with E-state index in [1.165, 1.54) is 4.90 Å². The van der Waals surface area contributed by atoms with Crippen molar-refractivity contribution in [3.63, 3.8) is 0 Å². The van der Waals surface area contributed by atoms with Crippen molar-refractivity contribution in [2.75, 3.05) is 19.7 Å². The summed E-state index contributed by atoms with van der Waals surface area (Å²) in [5, 5.41) is 18.5. The number of hydrogen-bond donors (Lipinski definition) is 2. The number of urea groups is 1. The number of carbonyl (C=O) groups is 2. The van der Waals surface area contributed by atoms with Gasteiger partial charge in [-0.2, -0.15) is 0 Å². The number of rotatable bonds is 3. The molecule has 3 atom stereocenters. The van der Waals surface area contributed by atoms with Gasteiger partial charge in [-0.05, 0) is 44.4 Å². The normalized spacial score (nSPS) is 30.3. The molecule has 0 bridgehead atoms. The third kappa shape index (κ3) is 3.67. The second-order valence-electron chi connectivity index (χ2n) is 6.31. The van der Waals surface area contributed by atoms with Crippen molar-refractivity contribution in [2.24, 2.45) is 5.92 Å². The molecule has 2 rings (SSSR count). The van der Waals surface area contributed by atoms with Gasteiger partial charge in [0.05, 0.1) is 0 Å². The first-order valence-corrected chi connectivity index (χ1v) is 7.95. The summed E-state index contributed by atoms with van der Waals surface area (Å²) in [5.41, 5.74) is 0. The van der Waals surface area contributed by atoms with E-state index in [4.69, 9.17) is 5.11 Å². The number of likely N-dealkylation sites (tertiary alicyclic amines) is 2. The van der Waals surface area contributed by atoms with Crippen molar-refractivity contribution >= 4 is 12.0 Å². The molecule has 2 fully saturated rings. The Balaban J connectivity index is 2.10. The van der Waals surface area contributed by atoms with E-state index >= 15 is 0 Å². The second-order valence-corrected chi connectivity index (χ2v) is 6.31. The number of aliphatic carboxylic acids is 1. The molecule has 6 heteroatoms. The Morgan fingerprint density at radius 2 is 1.90 bits per heavy atom. The lowest BCUT2D eigenvalue weighted by Gasteiger charge is -2.43. The highest BCUT2D eigenvalue weighted by Gasteiger charge is 2.38. The van der Waals surface area contributed by atoms with E-state index in [9.17, 15) is 14.7 Å². The minimum Gasteiger partial charge on any atom is -0.480 e. The average Bonchev–Trinajstić information content (AvgIpc) is 2.47. The molecule has 3 unspecified atom stereocenters. The maximum absolute atomic E-state index is 12.8. The number of piperidine rings is 2. The number of carboxylic acids is 1. The molecule has 2 heterocycles. The summed E-state index contributed by atoms with van der Waals surface area (Å²) in [7, 11) is 0. The predicted molar refractivity (Wildman–Crippen MR) is 78.0 cm³/mol. The summed E-state index contributed by atoms with van der Waals surface area (Å²) >= 11 is 0. The molecule has 21 heavy (non-hydrogen) atoms. The Morgan fingerprint density at radius 3 is 2.57 bits per heavy atom. The van der Waals surface area contributed by atoms with Crippen molar-refractivity contribution < 1.29 is 19.8 Å². The van der Waals surface area contributed by atoms with Crippen LogP contribution < -0.4 is 0 Å². The molecular formula is C15H26N2O4. The van der Waals surface area contributed by atoms with Crippen molar-refractivity contribution in [3.05, 3.63) is 0 Å². The minimum absolute atomic E-state index is 0.0463. The van der Waals surface area contributed by atoms with E-state index in [0.717, 1.165) is 25.7 Å². The van der Waals surface area contributed by atoms with Gasteiger partial charge in [-0.15, -0.1) is 0 Å². The Bertz CT molecular complexity index is 386. The van der Waals surface area contributed by atoms with E-state index < -0.39 is 12.0 Å². The molecule has 0 aliphatic carbocycles. The van der Waals surface area contributed by atoms with E-state index in [0.29, 0.717) is 31.8 Å². The van der Waals surface area contributed by atoms with Gasteiger partial charge in [0, 0.05) is 25.7 Å². The molecular weight excluding hydrogens is 272 g/mol. The summed E-state index contributed by atoms with van der Waals surface area (Å²) in [4.78, 5) is 27.5. The lowest BCUT2D eigenvalue weighted by molar-refractivity contribution is -0.144. The van der Waals surface area contributed by atoms with Crippen LogP contribution in [0.2, 0.25) is 0 Å². The topological polar surface area (TPSA) is 81.1 Å². The van der Waals surface area contributed by atoms with Crippen LogP contribution in [0.25, 0.3) is 0 Å². The smallest absolute Gasteiger partial charge is 0.326 e. The van der Waals surface area contributed by atoms with E-state index in [2.05, 4.69) is 0 Å². The molecule has 6 nitrogen and oxygen atoms in total. The Hall–Kier alpha value is -1.30. The Labute approximate surface area is 125 Å². The number of amides is 2. The highest BCUT2D eigenvalue weighted by atomic mass is 16.4. The van der Waals surface area contributed by atoms with Crippen LogP contribution in [0.4, 0.5) is 4.79 Å². The molecule has 0 spiro atoms. The van der Waals surface area contributed by atoms with Crippen molar-refractivity contribution in [3.8, 4) is 0 Å². The highest BCUT2D eigenvalue weighted by Crippen LogP contribution is 2.27. The third-order valence-electron chi connectivity index (χ3n) is 4.73. The van der Waals surface area contributed by atoms with Gasteiger partial charge >= 0.3 is 12.0 Å². The standard InChI is InChI=1S/C15H26N2O4/c1-11-5-8-17(13(10-11)14(19)20)15(21)16-7-3-2-4-12(16)6-9-18/h11-13,18H,2-10H2,1H3,(H,19,20). The molecule has 0 radical (unpaired) electrons. The Morgan fingerprint density at radius 1 is 1.14 bits per heavy atom. The molecule has 0 saturated carbocycles. The molecule has 0 aromatic rings. The minimum atomic E-state index is -0.911. The zero-order valence-electron chi connectivity index (χ0n) is 12.7.